The van der Waals surface area contributed by atoms with Gasteiger partial charge in [0.05, 0.1) is 20.1 Å². The van der Waals surface area contributed by atoms with Crippen molar-refractivity contribution in [2.75, 3.05) is 44.8 Å². The summed E-state index contributed by atoms with van der Waals surface area (Å²) in [7, 11) is 1.57. The van der Waals surface area contributed by atoms with Crippen LogP contribution in [0.1, 0.15) is 16.8 Å². The summed E-state index contributed by atoms with van der Waals surface area (Å²) < 4.78 is 10.9. The van der Waals surface area contributed by atoms with E-state index in [9.17, 15) is 14.7 Å². The predicted molar refractivity (Wildman–Crippen MR) is 107 cm³/mol. The summed E-state index contributed by atoms with van der Waals surface area (Å²) in [6.07, 6.45) is 0.264. The van der Waals surface area contributed by atoms with Gasteiger partial charge in [-0.05, 0) is 30.3 Å². The van der Waals surface area contributed by atoms with Crippen LogP contribution in [0.4, 0.5) is 5.69 Å². The Balaban J connectivity index is 1.49. The lowest BCUT2D eigenvalue weighted by atomic mass is 10.1. The highest BCUT2D eigenvalue weighted by Gasteiger charge is 2.22. The number of aromatic carboxylic acids is 1. The molecule has 1 aliphatic heterocycles. The second-order valence-corrected chi connectivity index (χ2v) is 6.62. The van der Waals surface area contributed by atoms with E-state index in [0.717, 1.165) is 0 Å². The van der Waals surface area contributed by atoms with Crippen molar-refractivity contribution < 1.29 is 29.3 Å². The molecule has 1 saturated heterocycles. The SMILES string of the molecule is COc1ccccc1OCCC(=O)N1CCN(c2ccc(O)c(C(=O)O)c2)CC1. The number of amides is 1. The van der Waals surface area contributed by atoms with Crippen molar-refractivity contribution in [1.82, 2.24) is 4.90 Å². The monoisotopic (exact) mass is 400 g/mol. The van der Waals surface area contributed by atoms with Crippen LogP contribution in [-0.4, -0.2) is 66.9 Å². The van der Waals surface area contributed by atoms with Gasteiger partial charge in [0, 0.05) is 31.9 Å². The first-order chi connectivity index (χ1) is 14.0. The van der Waals surface area contributed by atoms with Gasteiger partial charge in [0.2, 0.25) is 5.91 Å². The molecule has 1 fully saturated rings. The van der Waals surface area contributed by atoms with Crippen molar-refractivity contribution in [1.29, 1.82) is 0 Å². The molecule has 2 N–H and O–H groups in total. The Morgan fingerprint density at radius 2 is 1.72 bits per heavy atom. The molecule has 29 heavy (non-hydrogen) atoms. The topological polar surface area (TPSA) is 99.5 Å². The minimum atomic E-state index is -1.17. The first-order valence-corrected chi connectivity index (χ1v) is 9.34. The number of anilines is 1. The van der Waals surface area contributed by atoms with Gasteiger partial charge in [-0.3, -0.25) is 4.79 Å². The maximum absolute atomic E-state index is 12.5. The van der Waals surface area contributed by atoms with E-state index in [1.807, 2.05) is 17.0 Å². The van der Waals surface area contributed by atoms with Crippen LogP contribution in [-0.2, 0) is 4.79 Å². The summed E-state index contributed by atoms with van der Waals surface area (Å²) in [6.45, 7) is 2.51. The molecule has 1 aliphatic rings. The van der Waals surface area contributed by atoms with Crippen LogP contribution in [0, 0.1) is 0 Å². The third kappa shape index (κ3) is 4.90. The second kappa shape index (κ2) is 9.18. The van der Waals surface area contributed by atoms with Crippen LogP contribution in [0.25, 0.3) is 0 Å². The number of carbonyl (C=O) groups excluding carboxylic acids is 1. The maximum atomic E-state index is 12.5. The molecule has 3 rings (SSSR count). The number of aromatic hydroxyl groups is 1. The quantitative estimate of drug-likeness (QED) is 0.735. The molecule has 0 spiro atoms. The van der Waals surface area contributed by atoms with E-state index in [0.29, 0.717) is 43.4 Å². The molecule has 0 aromatic heterocycles. The van der Waals surface area contributed by atoms with E-state index in [4.69, 9.17) is 14.6 Å². The number of hydrogen-bond donors (Lipinski definition) is 2. The third-order valence-electron chi connectivity index (χ3n) is 4.85. The van der Waals surface area contributed by atoms with Crippen LogP contribution in [0.5, 0.6) is 17.2 Å². The molecule has 0 atom stereocenters. The fourth-order valence-corrected chi connectivity index (χ4v) is 3.25. The molecule has 8 heteroatoms. The Morgan fingerprint density at radius 1 is 1.03 bits per heavy atom. The van der Waals surface area contributed by atoms with Gasteiger partial charge < -0.3 is 29.5 Å². The van der Waals surface area contributed by atoms with Crippen LogP contribution in [0.15, 0.2) is 42.5 Å². The number of methoxy groups -OCH3 is 1. The van der Waals surface area contributed by atoms with Crippen molar-refractivity contribution in [3.05, 3.63) is 48.0 Å². The lowest BCUT2D eigenvalue weighted by Gasteiger charge is -2.36. The molecular weight excluding hydrogens is 376 g/mol. The zero-order chi connectivity index (χ0) is 20.8. The average molecular weight is 400 g/mol. The molecule has 154 valence electrons. The molecule has 1 amide bonds. The zero-order valence-electron chi connectivity index (χ0n) is 16.2. The fourth-order valence-electron chi connectivity index (χ4n) is 3.25. The third-order valence-corrected chi connectivity index (χ3v) is 4.85. The highest BCUT2D eigenvalue weighted by molar-refractivity contribution is 5.92. The molecule has 0 aliphatic carbocycles. The smallest absolute Gasteiger partial charge is 0.339 e. The van der Waals surface area contributed by atoms with Crippen LogP contribution in [0.2, 0.25) is 0 Å². The van der Waals surface area contributed by atoms with Gasteiger partial charge in [-0.15, -0.1) is 0 Å². The number of carboxylic acids is 1. The van der Waals surface area contributed by atoms with E-state index in [1.165, 1.54) is 12.1 Å². The largest absolute Gasteiger partial charge is 0.507 e. The molecule has 0 saturated carbocycles. The number of rotatable bonds is 7. The summed E-state index contributed by atoms with van der Waals surface area (Å²) in [5, 5.41) is 18.8. The molecule has 0 bridgehead atoms. The fraction of sp³-hybridized carbons (Fsp3) is 0.333. The van der Waals surface area contributed by atoms with Crippen LogP contribution < -0.4 is 14.4 Å². The number of nitrogens with zero attached hydrogens (tertiary/aromatic N) is 2. The summed E-state index contributed by atoms with van der Waals surface area (Å²) in [5.74, 6) is -0.188. The number of para-hydroxylation sites is 2. The van der Waals surface area contributed by atoms with Gasteiger partial charge in [0.25, 0.3) is 0 Å². The highest BCUT2D eigenvalue weighted by Crippen LogP contribution is 2.26. The number of carboxylic acid groups (broad SMARTS) is 1. The standard InChI is InChI=1S/C21H24N2O6/c1-28-18-4-2-3-5-19(18)29-13-8-20(25)23-11-9-22(10-12-23)15-6-7-17(24)16(14-15)21(26)27/h2-7,14,24H,8-13H2,1H3,(H,26,27). The van der Waals surface area contributed by atoms with Crippen molar-refractivity contribution >= 4 is 17.6 Å². The lowest BCUT2D eigenvalue weighted by molar-refractivity contribution is -0.132. The number of hydrogen-bond acceptors (Lipinski definition) is 6. The van der Waals surface area contributed by atoms with Gasteiger partial charge in [-0.2, -0.15) is 0 Å². The summed E-state index contributed by atoms with van der Waals surface area (Å²) in [6, 6.07) is 11.8. The van der Waals surface area contributed by atoms with Crippen molar-refractivity contribution in [2.45, 2.75) is 6.42 Å². The van der Waals surface area contributed by atoms with Gasteiger partial charge in [0.1, 0.15) is 11.3 Å². The minimum Gasteiger partial charge on any atom is -0.507 e. The Bertz CT molecular complexity index is 877. The summed E-state index contributed by atoms with van der Waals surface area (Å²) in [4.78, 5) is 27.4. The average Bonchev–Trinajstić information content (AvgIpc) is 2.74. The van der Waals surface area contributed by atoms with Gasteiger partial charge in [-0.25, -0.2) is 4.79 Å². The lowest BCUT2D eigenvalue weighted by Crippen LogP contribution is -2.49. The van der Waals surface area contributed by atoms with Crippen LogP contribution >= 0.6 is 0 Å². The van der Waals surface area contributed by atoms with Gasteiger partial charge >= 0.3 is 5.97 Å². The molecule has 0 unspecified atom stereocenters. The number of ether oxygens (including phenoxy) is 2. The van der Waals surface area contributed by atoms with Crippen molar-refractivity contribution in [3.8, 4) is 17.2 Å². The number of phenols is 1. The van der Waals surface area contributed by atoms with E-state index in [-0.39, 0.29) is 30.2 Å². The highest BCUT2D eigenvalue weighted by atomic mass is 16.5. The van der Waals surface area contributed by atoms with Crippen molar-refractivity contribution in [2.24, 2.45) is 0 Å². The Kier molecular flexibility index (Phi) is 6.43. The first-order valence-electron chi connectivity index (χ1n) is 9.34. The Hall–Kier alpha value is -3.42. The predicted octanol–water partition coefficient (Wildman–Crippen LogP) is 2.22. The van der Waals surface area contributed by atoms with E-state index < -0.39 is 5.97 Å². The molecule has 2 aromatic carbocycles. The van der Waals surface area contributed by atoms with E-state index >= 15 is 0 Å². The van der Waals surface area contributed by atoms with Crippen molar-refractivity contribution in [3.63, 3.8) is 0 Å². The number of carbonyl (C=O) groups is 2. The summed E-state index contributed by atoms with van der Waals surface area (Å²) in [5.41, 5.74) is 0.585. The molecule has 8 nitrogen and oxygen atoms in total. The Morgan fingerprint density at radius 3 is 2.38 bits per heavy atom. The summed E-state index contributed by atoms with van der Waals surface area (Å²) >= 11 is 0. The van der Waals surface area contributed by atoms with Gasteiger partial charge in [-0.1, -0.05) is 12.1 Å². The first kappa shape index (κ1) is 20.3. The molecule has 0 radical (unpaired) electrons. The Labute approximate surface area is 168 Å². The number of benzene rings is 2. The normalized spacial score (nSPS) is 13.8. The van der Waals surface area contributed by atoms with Crippen LogP contribution in [0.3, 0.4) is 0 Å². The van der Waals surface area contributed by atoms with E-state index in [2.05, 4.69) is 0 Å². The zero-order valence-corrected chi connectivity index (χ0v) is 16.2. The number of piperazine rings is 1. The maximum Gasteiger partial charge on any atom is 0.339 e. The van der Waals surface area contributed by atoms with E-state index in [1.54, 1.807) is 30.2 Å². The molecular formula is C21H24N2O6. The van der Waals surface area contributed by atoms with Gasteiger partial charge in [0.15, 0.2) is 11.5 Å². The minimum absolute atomic E-state index is 0.0106. The molecule has 1 heterocycles. The molecule has 2 aromatic rings. The second-order valence-electron chi connectivity index (χ2n) is 6.62.